The van der Waals surface area contributed by atoms with Crippen LogP contribution in [0.2, 0.25) is 0 Å². The predicted molar refractivity (Wildman–Crippen MR) is 191 cm³/mol. The van der Waals surface area contributed by atoms with E-state index in [0.717, 1.165) is 43.4 Å². The van der Waals surface area contributed by atoms with Crippen molar-refractivity contribution >= 4 is 78.1 Å². The van der Waals surface area contributed by atoms with Crippen molar-refractivity contribution in [2.45, 2.75) is 39.5 Å². The molecule has 0 aromatic heterocycles. The Balaban J connectivity index is 1.24. The average molecular weight is 627 g/mol. The van der Waals surface area contributed by atoms with E-state index in [-0.39, 0.29) is 23.6 Å². The summed E-state index contributed by atoms with van der Waals surface area (Å²) >= 11 is 0. The van der Waals surface area contributed by atoms with Crippen LogP contribution in [0.25, 0.3) is 43.1 Å². The van der Waals surface area contributed by atoms with Gasteiger partial charge in [0.05, 0.1) is 11.4 Å². The van der Waals surface area contributed by atoms with Gasteiger partial charge >= 0.3 is 0 Å². The van der Waals surface area contributed by atoms with Crippen LogP contribution in [-0.4, -0.2) is 23.6 Å². The van der Waals surface area contributed by atoms with Crippen molar-refractivity contribution in [2.24, 2.45) is 0 Å². The fraction of sp³-hybridized carbons (Fsp3) is 0.143. The van der Waals surface area contributed by atoms with Crippen molar-refractivity contribution in [2.75, 3.05) is 9.80 Å². The van der Waals surface area contributed by atoms with Gasteiger partial charge in [-0.1, -0.05) is 76.2 Å². The maximum atomic E-state index is 14.0. The Labute approximate surface area is 276 Å². The van der Waals surface area contributed by atoms with Gasteiger partial charge in [0, 0.05) is 33.0 Å². The summed E-state index contributed by atoms with van der Waals surface area (Å²) in [6.07, 6.45) is 0. The second-order valence-corrected chi connectivity index (χ2v) is 13.5. The lowest BCUT2D eigenvalue weighted by molar-refractivity contribution is 0.0877. The van der Waals surface area contributed by atoms with Crippen LogP contribution in [0.3, 0.4) is 0 Å². The Kier molecular flexibility index (Phi) is 5.80. The Hall–Kier alpha value is -5.88. The molecule has 0 unspecified atom stereocenters. The van der Waals surface area contributed by atoms with Gasteiger partial charge in [-0.2, -0.15) is 0 Å². The molecular weight excluding hydrogens is 596 g/mol. The first-order chi connectivity index (χ1) is 23.2. The molecule has 0 aliphatic carbocycles. The van der Waals surface area contributed by atoms with E-state index >= 15 is 0 Å². The molecule has 2 heterocycles. The molecule has 0 N–H and O–H groups in total. The number of imide groups is 2. The lowest BCUT2D eigenvalue weighted by Crippen LogP contribution is -2.40. The topological polar surface area (TPSA) is 74.8 Å². The number of fused-ring (bicyclic) bond motifs is 2. The van der Waals surface area contributed by atoms with E-state index in [9.17, 15) is 19.2 Å². The molecule has 2 aliphatic rings. The first kappa shape index (κ1) is 28.4. The maximum absolute atomic E-state index is 14.0. The number of anilines is 2. The highest BCUT2D eigenvalue weighted by Crippen LogP contribution is 2.47. The van der Waals surface area contributed by atoms with E-state index in [0.29, 0.717) is 56.2 Å². The van der Waals surface area contributed by atoms with Gasteiger partial charge < -0.3 is 0 Å². The molecule has 0 radical (unpaired) electrons. The quantitative estimate of drug-likeness (QED) is 0.111. The molecular formula is C42H30N2O4. The minimum Gasteiger partial charge on any atom is -0.268 e. The molecule has 0 saturated heterocycles. The number of amides is 4. The van der Waals surface area contributed by atoms with Crippen molar-refractivity contribution in [1.82, 2.24) is 0 Å². The number of benzene rings is 7. The summed E-state index contributed by atoms with van der Waals surface area (Å²) in [5, 5.41) is 6.39. The molecule has 48 heavy (non-hydrogen) atoms. The second-order valence-electron chi connectivity index (χ2n) is 13.5. The third-order valence-corrected chi connectivity index (χ3v) is 10.3. The molecule has 0 spiro atoms. The van der Waals surface area contributed by atoms with Crippen molar-refractivity contribution in [3.05, 3.63) is 130 Å². The largest absolute Gasteiger partial charge is 0.268 e. The molecule has 7 aromatic rings. The zero-order chi connectivity index (χ0) is 33.2. The Morgan fingerprint density at radius 2 is 0.625 bits per heavy atom. The molecule has 4 amide bonds. The lowest BCUT2D eigenvalue weighted by atomic mass is 9.82. The highest BCUT2D eigenvalue weighted by Gasteiger charge is 2.38. The van der Waals surface area contributed by atoms with Gasteiger partial charge in [0.1, 0.15) is 0 Å². The van der Waals surface area contributed by atoms with Crippen LogP contribution in [0.4, 0.5) is 11.4 Å². The molecule has 7 aromatic carbocycles. The monoisotopic (exact) mass is 626 g/mol. The van der Waals surface area contributed by atoms with Gasteiger partial charge in [-0.3, -0.25) is 19.2 Å². The summed E-state index contributed by atoms with van der Waals surface area (Å²) in [5.74, 6) is -0.780. The lowest BCUT2D eigenvalue weighted by Gasteiger charge is -2.30. The highest BCUT2D eigenvalue weighted by molar-refractivity contribution is 6.45. The third kappa shape index (κ3) is 3.63. The van der Waals surface area contributed by atoms with Crippen LogP contribution in [0.15, 0.2) is 97.1 Å². The van der Waals surface area contributed by atoms with E-state index in [1.165, 1.54) is 9.80 Å². The van der Waals surface area contributed by atoms with E-state index in [1.807, 2.05) is 72.8 Å². The van der Waals surface area contributed by atoms with Gasteiger partial charge in [0.2, 0.25) is 0 Å². The Morgan fingerprint density at radius 1 is 0.354 bits per heavy atom. The summed E-state index contributed by atoms with van der Waals surface area (Å²) in [4.78, 5) is 58.7. The van der Waals surface area contributed by atoms with Crippen molar-refractivity contribution in [3.63, 3.8) is 0 Å². The Bertz CT molecular complexity index is 2280. The standard InChI is InChI=1S/C42H30N2O4/c1-21(2)23-5-9-25(10-6-23)43-39(45)31-17-13-27-29-15-19-33-38-34(42(48)44(41(33)47)26-11-7-24(8-12-26)22(3)4)20-16-30(36(29)38)28-14-18-32(40(43)46)37(31)35(27)28/h5-22H,1-4H3. The molecule has 232 valence electrons. The van der Waals surface area contributed by atoms with Gasteiger partial charge in [-0.05, 0) is 104 Å². The van der Waals surface area contributed by atoms with E-state index < -0.39 is 0 Å². The highest BCUT2D eigenvalue weighted by atomic mass is 16.2. The zero-order valence-electron chi connectivity index (χ0n) is 26.9. The van der Waals surface area contributed by atoms with E-state index in [2.05, 4.69) is 27.7 Å². The van der Waals surface area contributed by atoms with Gasteiger partial charge in [0.15, 0.2) is 0 Å². The predicted octanol–water partition coefficient (Wildman–Crippen LogP) is 9.59. The minimum atomic E-state index is -0.359. The molecule has 0 saturated carbocycles. The van der Waals surface area contributed by atoms with Crippen molar-refractivity contribution < 1.29 is 19.2 Å². The third-order valence-electron chi connectivity index (χ3n) is 10.3. The molecule has 0 bridgehead atoms. The SMILES string of the molecule is CC(C)c1ccc(N2C(=O)c3ccc4c5ccc6c7c(ccc(c8ccc(c3c48)C2=O)c75)C(=O)N(c2ccc(C(C)C)cc2)C6=O)cc1. The Morgan fingerprint density at radius 3 is 0.875 bits per heavy atom. The number of carbonyl (C=O) groups excluding carboxylic acids is 4. The molecule has 6 nitrogen and oxygen atoms in total. The summed E-state index contributed by atoms with van der Waals surface area (Å²) in [6.45, 7) is 8.41. The number of hydrogen-bond acceptors (Lipinski definition) is 4. The fourth-order valence-corrected chi connectivity index (χ4v) is 7.75. The van der Waals surface area contributed by atoms with Gasteiger partial charge in [0.25, 0.3) is 23.6 Å². The van der Waals surface area contributed by atoms with Crippen LogP contribution < -0.4 is 9.80 Å². The number of carbonyl (C=O) groups is 4. The van der Waals surface area contributed by atoms with Crippen LogP contribution >= 0.6 is 0 Å². The van der Waals surface area contributed by atoms with E-state index in [1.54, 1.807) is 24.3 Å². The van der Waals surface area contributed by atoms with Crippen LogP contribution in [0.5, 0.6) is 0 Å². The maximum Gasteiger partial charge on any atom is 0.265 e. The second kappa shape index (κ2) is 9.81. The summed E-state index contributed by atoms with van der Waals surface area (Å²) in [5.41, 5.74) is 5.21. The van der Waals surface area contributed by atoms with Crippen LogP contribution in [-0.2, 0) is 0 Å². The van der Waals surface area contributed by atoms with Crippen molar-refractivity contribution in [3.8, 4) is 0 Å². The summed E-state index contributed by atoms with van der Waals surface area (Å²) in [7, 11) is 0. The number of rotatable bonds is 4. The zero-order valence-corrected chi connectivity index (χ0v) is 26.9. The minimum absolute atomic E-state index is 0.328. The summed E-state index contributed by atoms with van der Waals surface area (Å²) < 4.78 is 0. The average Bonchev–Trinajstić information content (AvgIpc) is 3.09. The summed E-state index contributed by atoms with van der Waals surface area (Å²) in [6, 6.07) is 30.1. The van der Waals surface area contributed by atoms with Crippen LogP contribution in [0.1, 0.15) is 92.1 Å². The first-order valence-electron chi connectivity index (χ1n) is 16.3. The van der Waals surface area contributed by atoms with Gasteiger partial charge in [-0.15, -0.1) is 0 Å². The van der Waals surface area contributed by atoms with E-state index in [4.69, 9.17) is 0 Å². The van der Waals surface area contributed by atoms with Crippen LogP contribution in [0, 0.1) is 0 Å². The molecule has 2 aliphatic heterocycles. The van der Waals surface area contributed by atoms with Gasteiger partial charge in [-0.25, -0.2) is 9.80 Å². The molecule has 9 rings (SSSR count). The fourth-order valence-electron chi connectivity index (χ4n) is 7.75. The first-order valence-corrected chi connectivity index (χ1v) is 16.3. The van der Waals surface area contributed by atoms with Crippen molar-refractivity contribution in [1.29, 1.82) is 0 Å². The number of nitrogens with zero attached hydrogens (tertiary/aromatic N) is 2. The molecule has 6 heteroatoms. The smallest absolute Gasteiger partial charge is 0.265 e. The molecule has 0 atom stereocenters. The number of hydrogen-bond donors (Lipinski definition) is 0. The molecule has 0 fully saturated rings. The normalized spacial score (nSPS) is 14.7.